The van der Waals surface area contributed by atoms with Crippen molar-refractivity contribution in [1.29, 1.82) is 0 Å². The van der Waals surface area contributed by atoms with Crippen molar-refractivity contribution in [3.63, 3.8) is 0 Å². The Kier molecular flexibility index (Phi) is 5.47. The van der Waals surface area contributed by atoms with Crippen molar-refractivity contribution in [2.75, 3.05) is 18.0 Å². The zero-order chi connectivity index (χ0) is 19.7. The molecule has 1 fully saturated rings. The molecular formula is C23H27N3OS. The standard InChI is InChI=1S/C23H27N3OS/c1-16-7-8-21-22(11-16)28-23(24-21)25-13-17(2)26(18(3)14-25)15-20-6-4-5-19(12-20)9-10-27/h4-8,10-12,17-18H,9,13-15H2,1-3H3. The third kappa shape index (κ3) is 3.96. The molecule has 0 saturated carbocycles. The van der Waals surface area contributed by atoms with Crippen LogP contribution in [0.25, 0.3) is 10.2 Å². The quantitative estimate of drug-likeness (QED) is 0.600. The van der Waals surface area contributed by atoms with Gasteiger partial charge < -0.3 is 9.69 Å². The van der Waals surface area contributed by atoms with Crippen molar-refractivity contribution in [2.24, 2.45) is 0 Å². The first-order valence-electron chi connectivity index (χ1n) is 9.93. The molecule has 4 rings (SSSR count). The zero-order valence-electron chi connectivity index (χ0n) is 16.8. The Bertz CT molecular complexity index is 971. The molecule has 0 N–H and O–H groups in total. The molecular weight excluding hydrogens is 366 g/mol. The Morgan fingerprint density at radius 2 is 1.86 bits per heavy atom. The Labute approximate surface area is 170 Å². The molecule has 0 amide bonds. The maximum absolute atomic E-state index is 10.8. The third-order valence-electron chi connectivity index (χ3n) is 5.58. The molecule has 1 aromatic heterocycles. The summed E-state index contributed by atoms with van der Waals surface area (Å²) in [6.07, 6.45) is 1.46. The summed E-state index contributed by atoms with van der Waals surface area (Å²) in [7, 11) is 0. The average molecular weight is 394 g/mol. The molecule has 146 valence electrons. The molecule has 0 radical (unpaired) electrons. The molecule has 0 bridgehead atoms. The van der Waals surface area contributed by atoms with Gasteiger partial charge in [-0.1, -0.05) is 41.7 Å². The minimum Gasteiger partial charge on any atom is -0.345 e. The molecule has 0 spiro atoms. The number of benzene rings is 2. The van der Waals surface area contributed by atoms with Crippen molar-refractivity contribution in [3.8, 4) is 0 Å². The number of aldehydes is 1. The summed E-state index contributed by atoms with van der Waals surface area (Å²) in [5, 5.41) is 1.13. The van der Waals surface area contributed by atoms with Crippen LogP contribution >= 0.6 is 11.3 Å². The van der Waals surface area contributed by atoms with Gasteiger partial charge in [-0.15, -0.1) is 0 Å². The highest BCUT2D eigenvalue weighted by molar-refractivity contribution is 7.22. The summed E-state index contributed by atoms with van der Waals surface area (Å²) >= 11 is 1.80. The number of hydrogen-bond donors (Lipinski definition) is 0. The maximum atomic E-state index is 10.8. The minimum absolute atomic E-state index is 0.437. The predicted molar refractivity (Wildman–Crippen MR) is 117 cm³/mol. The van der Waals surface area contributed by atoms with Crippen LogP contribution in [-0.4, -0.2) is 41.3 Å². The van der Waals surface area contributed by atoms with Gasteiger partial charge in [0.2, 0.25) is 0 Å². The van der Waals surface area contributed by atoms with E-state index in [1.165, 1.54) is 15.8 Å². The lowest BCUT2D eigenvalue weighted by molar-refractivity contribution is -0.107. The second kappa shape index (κ2) is 8.02. The van der Waals surface area contributed by atoms with Crippen molar-refractivity contribution >= 4 is 33.0 Å². The average Bonchev–Trinajstić information content (AvgIpc) is 3.08. The van der Waals surface area contributed by atoms with Crippen LogP contribution in [0.1, 0.15) is 30.5 Å². The van der Waals surface area contributed by atoms with Crippen LogP contribution in [0, 0.1) is 6.92 Å². The number of aryl methyl sites for hydroxylation is 1. The molecule has 1 aliphatic heterocycles. The van der Waals surface area contributed by atoms with Gasteiger partial charge in [-0.2, -0.15) is 0 Å². The van der Waals surface area contributed by atoms with Gasteiger partial charge in [-0.25, -0.2) is 4.98 Å². The third-order valence-corrected chi connectivity index (χ3v) is 6.66. The number of aromatic nitrogens is 1. The lowest BCUT2D eigenvalue weighted by Crippen LogP contribution is -2.56. The lowest BCUT2D eigenvalue weighted by Gasteiger charge is -2.44. The van der Waals surface area contributed by atoms with Gasteiger partial charge in [0, 0.05) is 38.1 Å². The first-order chi connectivity index (χ1) is 13.5. The summed E-state index contributed by atoms with van der Waals surface area (Å²) < 4.78 is 1.27. The number of carbonyl (C=O) groups excluding carboxylic acids is 1. The zero-order valence-corrected chi connectivity index (χ0v) is 17.6. The van der Waals surface area contributed by atoms with Gasteiger partial charge in [0.15, 0.2) is 5.13 Å². The predicted octanol–water partition coefficient (Wildman–Crippen LogP) is 4.45. The molecule has 1 saturated heterocycles. The monoisotopic (exact) mass is 393 g/mol. The first-order valence-corrected chi connectivity index (χ1v) is 10.7. The number of anilines is 1. The fourth-order valence-electron chi connectivity index (χ4n) is 4.14. The highest BCUT2D eigenvalue weighted by Crippen LogP contribution is 2.32. The molecule has 0 aliphatic carbocycles. The Balaban J connectivity index is 1.49. The van der Waals surface area contributed by atoms with E-state index in [1.54, 1.807) is 11.3 Å². The lowest BCUT2D eigenvalue weighted by atomic mass is 10.0. The molecule has 5 heteroatoms. The van der Waals surface area contributed by atoms with E-state index < -0.39 is 0 Å². The van der Waals surface area contributed by atoms with Crippen molar-refractivity contribution in [3.05, 3.63) is 59.2 Å². The number of carbonyl (C=O) groups is 1. The first kappa shape index (κ1) is 19.1. The van der Waals surface area contributed by atoms with Crippen LogP contribution in [0.3, 0.4) is 0 Å². The Hall–Kier alpha value is -2.24. The fourth-order valence-corrected chi connectivity index (χ4v) is 5.22. The molecule has 2 unspecified atom stereocenters. The van der Waals surface area contributed by atoms with E-state index in [9.17, 15) is 4.79 Å². The fraction of sp³-hybridized carbons (Fsp3) is 0.391. The van der Waals surface area contributed by atoms with Crippen LogP contribution in [0.15, 0.2) is 42.5 Å². The topological polar surface area (TPSA) is 36.4 Å². The minimum atomic E-state index is 0.437. The maximum Gasteiger partial charge on any atom is 0.186 e. The van der Waals surface area contributed by atoms with Crippen molar-refractivity contribution < 1.29 is 4.79 Å². The van der Waals surface area contributed by atoms with E-state index >= 15 is 0 Å². The number of hydrogen-bond acceptors (Lipinski definition) is 5. The van der Waals surface area contributed by atoms with Gasteiger partial charge in [-0.05, 0) is 49.6 Å². The van der Waals surface area contributed by atoms with E-state index in [1.807, 2.05) is 6.07 Å². The second-order valence-electron chi connectivity index (χ2n) is 7.93. The number of rotatable bonds is 5. The van der Waals surface area contributed by atoms with Crippen molar-refractivity contribution in [2.45, 2.75) is 45.8 Å². The normalized spacial score (nSPS) is 20.6. The van der Waals surface area contributed by atoms with Crippen LogP contribution in [-0.2, 0) is 17.8 Å². The van der Waals surface area contributed by atoms with Gasteiger partial charge in [-0.3, -0.25) is 4.90 Å². The molecule has 2 atom stereocenters. The number of piperazine rings is 1. The second-order valence-corrected chi connectivity index (χ2v) is 8.94. The van der Waals surface area contributed by atoms with Crippen LogP contribution < -0.4 is 4.90 Å². The Morgan fingerprint density at radius 1 is 1.11 bits per heavy atom. The molecule has 3 aromatic rings. The summed E-state index contributed by atoms with van der Waals surface area (Å²) in [4.78, 5) is 20.7. The SMILES string of the molecule is Cc1ccc2nc(N3CC(C)N(Cc4cccc(CC=O)c4)C(C)C3)sc2c1. The van der Waals surface area contributed by atoms with Crippen LogP contribution in [0.5, 0.6) is 0 Å². The Morgan fingerprint density at radius 3 is 2.61 bits per heavy atom. The van der Waals surface area contributed by atoms with Crippen molar-refractivity contribution in [1.82, 2.24) is 9.88 Å². The van der Waals surface area contributed by atoms with E-state index in [-0.39, 0.29) is 0 Å². The molecule has 1 aliphatic rings. The van der Waals surface area contributed by atoms with E-state index in [0.29, 0.717) is 18.5 Å². The van der Waals surface area contributed by atoms with Gasteiger partial charge in [0.05, 0.1) is 10.2 Å². The number of thiazole rings is 1. The summed E-state index contributed by atoms with van der Waals surface area (Å²) in [6.45, 7) is 9.62. The highest BCUT2D eigenvalue weighted by Gasteiger charge is 2.30. The largest absolute Gasteiger partial charge is 0.345 e. The highest BCUT2D eigenvalue weighted by atomic mass is 32.1. The summed E-state index contributed by atoms with van der Waals surface area (Å²) in [5.74, 6) is 0. The molecule has 4 nitrogen and oxygen atoms in total. The van der Waals surface area contributed by atoms with E-state index in [2.05, 4.69) is 67.0 Å². The smallest absolute Gasteiger partial charge is 0.186 e. The molecule has 2 heterocycles. The van der Waals surface area contributed by atoms with Gasteiger partial charge in [0.1, 0.15) is 6.29 Å². The number of nitrogens with zero attached hydrogens (tertiary/aromatic N) is 3. The number of fused-ring (bicyclic) bond motifs is 1. The van der Waals surface area contributed by atoms with Crippen LogP contribution in [0.2, 0.25) is 0 Å². The summed E-state index contributed by atoms with van der Waals surface area (Å²) in [6, 6.07) is 15.8. The van der Waals surface area contributed by atoms with E-state index in [4.69, 9.17) is 4.98 Å². The van der Waals surface area contributed by atoms with E-state index in [0.717, 1.165) is 42.1 Å². The van der Waals surface area contributed by atoms with Gasteiger partial charge >= 0.3 is 0 Å². The molecule has 2 aromatic carbocycles. The molecule has 28 heavy (non-hydrogen) atoms. The van der Waals surface area contributed by atoms with Crippen LogP contribution in [0.4, 0.5) is 5.13 Å². The summed E-state index contributed by atoms with van der Waals surface area (Å²) in [5.41, 5.74) is 4.75. The van der Waals surface area contributed by atoms with Gasteiger partial charge in [0.25, 0.3) is 0 Å².